The molecule has 1 aromatic heterocycles. The highest BCUT2D eigenvalue weighted by molar-refractivity contribution is 5.92. The van der Waals surface area contributed by atoms with E-state index in [1.54, 1.807) is 20.4 Å². The molecule has 6 nitrogen and oxygen atoms in total. The number of nitrogens with one attached hydrogen (secondary N) is 1. The molecule has 1 aromatic rings. The van der Waals surface area contributed by atoms with Crippen molar-refractivity contribution in [3.05, 3.63) is 18.1 Å². The number of likely N-dealkylation sites (tertiary alicyclic amines) is 1. The molecular weight excluding hydrogens is 244 g/mol. The van der Waals surface area contributed by atoms with Gasteiger partial charge in [0, 0.05) is 27.2 Å². The lowest BCUT2D eigenvalue weighted by atomic mass is 9.99. The van der Waals surface area contributed by atoms with E-state index in [1.165, 1.54) is 6.20 Å². The first-order valence-corrected chi connectivity index (χ1v) is 6.52. The molecule has 1 saturated heterocycles. The van der Waals surface area contributed by atoms with Gasteiger partial charge in [-0.2, -0.15) is 0 Å². The molecular formula is C13H20N4O2. The molecule has 2 rings (SSSR count). The molecule has 0 saturated carbocycles. The Morgan fingerprint density at radius 3 is 3.16 bits per heavy atom. The molecule has 0 aromatic carbocycles. The third-order valence-corrected chi connectivity index (χ3v) is 3.32. The van der Waals surface area contributed by atoms with E-state index in [9.17, 15) is 4.79 Å². The number of anilines is 1. The van der Waals surface area contributed by atoms with E-state index in [4.69, 9.17) is 4.74 Å². The Morgan fingerprint density at radius 1 is 1.58 bits per heavy atom. The van der Waals surface area contributed by atoms with Gasteiger partial charge in [0.15, 0.2) is 0 Å². The third-order valence-electron chi connectivity index (χ3n) is 3.32. The van der Waals surface area contributed by atoms with Crippen molar-refractivity contribution in [3.63, 3.8) is 0 Å². The predicted octanol–water partition coefficient (Wildman–Crippen LogP) is 1.02. The van der Waals surface area contributed by atoms with Crippen LogP contribution in [0.4, 0.5) is 5.82 Å². The SMILES string of the molecule is CNc1cncc(C(=O)N2CCCC(COC)C2)n1. The number of nitrogens with zero attached hydrogens (tertiary/aromatic N) is 3. The smallest absolute Gasteiger partial charge is 0.274 e. The summed E-state index contributed by atoms with van der Waals surface area (Å²) in [5, 5.41) is 2.89. The number of carbonyl (C=O) groups excluding carboxylic acids is 1. The van der Waals surface area contributed by atoms with Crippen molar-refractivity contribution in [3.8, 4) is 0 Å². The Labute approximate surface area is 113 Å². The van der Waals surface area contributed by atoms with Gasteiger partial charge in [-0.05, 0) is 18.8 Å². The number of rotatable bonds is 4. The van der Waals surface area contributed by atoms with Crippen LogP contribution in [-0.2, 0) is 4.74 Å². The Bertz CT molecular complexity index is 436. The number of amides is 1. The molecule has 1 amide bonds. The molecule has 1 atom stereocenters. The maximum atomic E-state index is 12.4. The summed E-state index contributed by atoms with van der Waals surface area (Å²) >= 11 is 0. The molecule has 19 heavy (non-hydrogen) atoms. The van der Waals surface area contributed by atoms with Crippen LogP contribution in [0.5, 0.6) is 0 Å². The second-order valence-corrected chi connectivity index (χ2v) is 4.75. The summed E-state index contributed by atoms with van der Waals surface area (Å²) in [5.74, 6) is 0.977. The monoisotopic (exact) mass is 264 g/mol. The first-order valence-electron chi connectivity index (χ1n) is 6.52. The zero-order chi connectivity index (χ0) is 13.7. The molecule has 1 fully saturated rings. The van der Waals surface area contributed by atoms with Gasteiger partial charge in [-0.15, -0.1) is 0 Å². The zero-order valence-electron chi connectivity index (χ0n) is 11.4. The average molecular weight is 264 g/mol. The largest absolute Gasteiger partial charge is 0.384 e. The fourth-order valence-corrected chi connectivity index (χ4v) is 2.37. The van der Waals surface area contributed by atoms with Crippen LogP contribution < -0.4 is 5.32 Å². The number of ether oxygens (including phenoxy) is 1. The second kappa shape index (κ2) is 6.47. The molecule has 0 aliphatic carbocycles. The molecule has 1 aliphatic rings. The predicted molar refractivity (Wildman–Crippen MR) is 72.1 cm³/mol. The van der Waals surface area contributed by atoms with Crippen molar-refractivity contribution in [1.82, 2.24) is 14.9 Å². The van der Waals surface area contributed by atoms with E-state index in [-0.39, 0.29) is 5.91 Å². The van der Waals surface area contributed by atoms with Crippen molar-refractivity contribution in [1.29, 1.82) is 0 Å². The molecule has 0 radical (unpaired) electrons. The van der Waals surface area contributed by atoms with Crippen molar-refractivity contribution in [2.75, 3.05) is 39.2 Å². The number of hydrogen-bond acceptors (Lipinski definition) is 5. The maximum Gasteiger partial charge on any atom is 0.274 e. The van der Waals surface area contributed by atoms with Crippen LogP contribution in [0.25, 0.3) is 0 Å². The lowest BCUT2D eigenvalue weighted by Crippen LogP contribution is -2.41. The van der Waals surface area contributed by atoms with Crippen LogP contribution in [0.1, 0.15) is 23.3 Å². The standard InChI is InChI=1S/C13H20N4O2/c1-14-12-7-15-6-11(16-12)13(18)17-5-3-4-10(8-17)9-19-2/h6-7,10H,3-5,8-9H2,1-2H3,(H,14,16). The highest BCUT2D eigenvalue weighted by atomic mass is 16.5. The second-order valence-electron chi connectivity index (χ2n) is 4.75. The van der Waals surface area contributed by atoms with E-state index in [0.717, 1.165) is 25.9 Å². The van der Waals surface area contributed by atoms with Crippen LogP contribution >= 0.6 is 0 Å². The Kier molecular flexibility index (Phi) is 4.68. The van der Waals surface area contributed by atoms with E-state index in [1.807, 2.05) is 4.90 Å². The molecule has 0 spiro atoms. The molecule has 1 N–H and O–H groups in total. The van der Waals surface area contributed by atoms with Gasteiger partial charge in [0.1, 0.15) is 11.5 Å². The Balaban J connectivity index is 2.05. The van der Waals surface area contributed by atoms with Crippen LogP contribution in [-0.4, -0.2) is 54.6 Å². The highest BCUT2D eigenvalue weighted by Crippen LogP contribution is 2.18. The number of hydrogen-bond donors (Lipinski definition) is 1. The van der Waals surface area contributed by atoms with Crippen LogP contribution in [0, 0.1) is 5.92 Å². The molecule has 6 heteroatoms. The third kappa shape index (κ3) is 3.41. The molecule has 2 heterocycles. The fourth-order valence-electron chi connectivity index (χ4n) is 2.37. The van der Waals surface area contributed by atoms with Crippen molar-refractivity contribution in [2.24, 2.45) is 5.92 Å². The molecule has 1 unspecified atom stereocenters. The summed E-state index contributed by atoms with van der Waals surface area (Å²) in [4.78, 5) is 22.5. The normalized spacial score (nSPS) is 19.3. The zero-order valence-corrected chi connectivity index (χ0v) is 11.4. The number of methoxy groups -OCH3 is 1. The van der Waals surface area contributed by atoms with Crippen molar-refractivity contribution in [2.45, 2.75) is 12.8 Å². The number of piperidine rings is 1. The van der Waals surface area contributed by atoms with E-state index in [0.29, 0.717) is 24.0 Å². The van der Waals surface area contributed by atoms with Gasteiger partial charge < -0.3 is 15.0 Å². The van der Waals surface area contributed by atoms with Gasteiger partial charge in [0.2, 0.25) is 0 Å². The van der Waals surface area contributed by atoms with Gasteiger partial charge in [0.25, 0.3) is 5.91 Å². The Hall–Kier alpha value is -1.69. The van der Waals surface area contributed by atoms with Gasteiger partial charge in [0.05, 0.1) is 19.0 Å². The Morgan fingerprint density at radius 2 is 2.42 bits per heavy atom. The molecule has 1 aliphatic heterocycles. The summed E-state index contributed by atoms with van der Waals surface area (Å²) < 4.78 is 5.18. The fraction of sp³-hybridized carbons (Fsp3) is 0.615. The van der Waals surface area contributed by atoms with Crippen molar-refractivity contribution >= 4 is 11.7 Å². The first-order chi connectivity index (χ1) is 9.24. The average Bonchev–Trinajstić information content (AvgIpc) is 2.47. The quantitative estimate of drug-likeness (QED) is 0.879. The van der Waals surface area contributed by atoms with Gasteiger partial charge >= 0.3 is 0 Å². The van der Waals surface area contributed by atoms with E-state index < -0.39 is 0 Å². The van der Waals surface area contributed by atoms with Gasteiger partial charge in [-0.3, -0.25) is 9.78 Å². The lowest BCUT2D eigenvalue weighted by Gasteiger charge is -2.32. The van der Waals surface area contributed by atoms with E-state index in [2.05, 4.69) is 15.3 Å². The number of carbonyl (C=O) groups is 1. The minimum absolute atomic E-state index is 0.0506. The van der Waals surface area contributed by atoms with Crippen LogP contribution in [0.2, 0.25) is 0 Å². The molecule has 104 valence electrons. The summed E-state index contributed by atoms with van der Waals surface area (Å²) in [5.41, 5.74) is 0.393. The van der Waals surface area contributed by atoms with Gasteiger partial charge in [-0.25, -0.2) is 4.98 Å². The molecule has 0 bridgehead atoms. The topological polar surface area (TPSA) is 67.4 Å². The summed E-state index contributed by atoms with van der Waals surface area (Å²) in [6.45, 7) is 2.22. The summed E-state index contributed by atoms with van der Waals surface area (Å²) in [6, 6.07) is 0. The first kappa shape index (κ1) is 13.7. The van der Waals surface area contributed by atoms with Crippen LogP contribution in [0.15, 0.2) is 12.4 Å². The number of aromatic nitrogens is 2. The summed E-state index contributed by atoms with van der Waals surface area (Å²) in [7, 11) is 3.45. The highest BCUT2D eigenvalue weighted by Gasteiger charge is 2.25. The lowest BCUT2D eigenvalue weighted by molar-refractivity contribution is 0.0565. The van der Waals surface area contributed by atoms with Crippen molar-refractivity contribution < 1.29 is 9.53 Å². The summed E-state index contributed by atoms with van der Waals surface area (Å²) in [6.07, 6.45) is 5.24. The van der Waals surface area contributed by atoms with E-state index >= 15 is 0 Å². The maximum absolute atomic E-state index is 12.4. The minimum atomic E-state index is -0.0506. The van der Waals surface area contributed by atoms with Gasteiger partial charge in [-0.1, -0.05) is 0 Å². The minimum Gasteiger partial charge on any atom is -0.384 e. The van der Waals surface area contributed by atoms with Crippen LogP contribution in [0.3, 0.4) is 0 Å².